The SMILES string of the molecule is Cn1cnnc1C1(O)CCC(N)C1. The molecule has 1 saturated carbocycles. The maximum atomic E-state index is 10.2. The van der Waals surface area contributed by atoms with E-state index in [1.54, 1.807) is 10.9 Å². The minimum atomic E-state index is -0.856. The summed E-state index contributed by atoms with van der Waals surface area (Å²) in [4.78, 5) is 0. The van der Waals surface area contributed by atoms with E-state index in [-0.39, 0.29) is 6.04 Å². The summed E-state index contributed by atoms with van der Waals surface area (Å²) in [6, 6.07) is 0.0849. The molecule has 1 fully saturated rings. The molecule has 2 rings (SSSR count). The van der Waals surface area contributed by atoms with Crippen LogP contribution >= 0.6 is 0 Å². The first-order valence-corrected chi connectivity index (χ1v) is 4.44. The van der Waals surface area contributed by atoms with Gasteiger partial charge in [-0.15, -0.1) is 10.2 Å². The zero-order chi connectivity index (χ0) is 9.47. The van der Waals surface area contributed by atoms with Gasteiger partial charge in [-0.25, -0.2) is 0 Å². The number of aryl methyl sites for hydroxylation is 1. The first-order valence-electron chi connectivity index (χ1n) is 4.44. The maximum Gasteiger partial charge on any atom is 0.164 e. The lowest BCUT2D eigenvalue weighted by atomic mass is 10.0. The van der Waals surface area contributed by atoms with Gasteiger partial charge in [0.1, 0.15) is 11.9 Å². The van der Waals surface area contributed by atoms with Crippen molar-refractivity contribution in [3.8, 4) is 0 Å². The van der Waals surface area contributed by atoms with Gasteiger partial charge in [0.15, 0.2) is 5.82 Å². The van der Waals surface area contributed by atoms with E-state index >= 15 is 0 Å². The Kier molecular flexibility index (Phi) is 1.85. The fourth-order valence-corrected chi connectivity index (χ4v) is 1.97. The normalized spacial score (nSPS) is 33.9. The molecule has 13 heavy (non-hydrogen) atoms. The van der Waals surface area contributed by atoms with Crippen LogP contribution in [-0.2, 0) is 12.6 Å². The Balaban J connectivity index is 2.30. The second kappa shape index (κ2) is 2.78. The molecule has 0 saturated heterocycles. The number of hydrogen-bond acceptors (Lipinski definition) is 4. The summed E-state index contributed by atoms with van der Waals surface area (Å²) >= 11 is 0. The molecule has 0 aliphatic heterocycles. The van der Waals surface area contributed by atoms with E-state index in [0.717, 1.165) is 6.42 Å². The number of aliphatic hydroxyl groups is 1. The molecule has 0 aromatic carbocycles. The number of aromatic nitrogens is 3. The van der Waals surface area contributed by atoms with Crippen molar-refractivity contribution in [3.05, 3.63) is 12.2 Å². The zero-order valence-electron chi connectivity index (χ0n) is 7.64. The molecule has 2 unspecified atom stereocenters. The Hall–Kier alpha value is -0.940. The van der Waals surface area contributed by atoms with Crippen LogP contribution in [0.5, 0.6) is 0 Å². The van der Waals surface area contributed by atoms with Crippen LogP contribution in [0.1, 0.15) is 25.1 Å². The highest BCUT2D eigenvalue weighted by Crippen LogP contribution is 2.36. The van der Waals surface area contributed by atoms with Crippen LogP contribution < -0.4 is 5.73 Å². The Morgan fingerprint density at radius 1 is 1.77 bits per heavy atom. The van der Waals surface area contributed by atoms with E-state index in [1.807, 2.05) is 7.05 Å². The lowest BCUT2D eigenvalue weighted by molar-refractivity contribution is 0.0307. The molecule has 1 aromatic heterocycles. The predicted molar refractivity (Wildman–Crippen MR) is 46.7 cm³/mol. The highest BCUT2D eigenvalue weighted by atomic mass is 16.3. The molecule has 3 N–H and O–H groups in total. The number of hydrogen-bond donors (Lipinski definition) is 2. The van der Waals surface area contributed by atoms with Crippen molar-refractivity contribution >= 4 is 0 Å². The van der Waals surface area contributed by atoms with Crippen molar-refractivity contribution < 1.29 is 5.11 Å². The van der Waals surface area contributed by atoms with Crippen LogP contribution in [0.4, 0.5) is 0 Å². The monoisotopic (exact) mass is 182 g/mol. The fourth-order valence-electron chi connectivity index (χ4n) is 1.97. The summed E-state index contributed by atoms with van der Waals surface area (Å²) in [7, 11) is 1.83. The molecular weight excluding hydrogens is 168 g/mol. The highest BCUT2D eigenvalue weighted by Gasteiger charge is 2.40. The molecule has 1 aromatic rings. The molecule has 1 aliphatic carbocycles. The van der Waals surface area contributed by atoms with E-state index in [0.29, 0.717) is 18.7 Å². The van der Waals surface area contributed by atoms with Crippen LogP contribution in [0.15, 0.2) is 6.33 Å². The molecule has 2 atom stereocenters. The van der Waals surface area contributed by atoms with E-state index in [9.17, 15) is 5.11 Å². The van der Waals surface area contributed by atoms with Crippen LogP contribution in [0.25, 0.3) is 0 Å². The van der Waals surface area contributed by atoms with E-state index in [4.69, 9.17) is 5.73 Å². The molecule has 0 spiro atoms. The second-order valence-electron chi connectivity index (χ2n) is 3.80. The zero-order valence-corrected chi connectivity index (χ0v) is 7.64. The lowest BCUT2D eigenvalue weighted by Crippen LogP contribution is -2.28. The molecule has 0 bridgehead atoms. The molecule has 0 amide bonds. The van der Waals surface area contributed by atoms with Crippen LogP contribution in [0.3, 0.4) is 0 Å². The third kappa shape index (κ3) is 1.34. The van der Waals surface area contributed by atoms with Crippen molar-refractivity contribution in [2.75, 3.05) is 0 Å². The van der Waals surface area contributed by atoms with Crippen LogP contribution in [0, 0.1) is 0 Å². The number of nitrogens with zero attached hydrogens (tertiary/aromatic N) is 3. The highest BCUT2D eigenvalue weighted by molar-refractivity contribution is 5.06. The topological polar surface area (TPSA) is 77.0 Å². The summed E-state index contributed by atoms with van der Waals surface area (Å²) in [5.41, 5.74) is 4.89. The molecule has 5 nitrogen and oxygen atoms in total. The summed E-state index contributed by atoms with van der Waals surface area (Å²) in [5.74, 6) is 0.625. The van der Waals surface area contributed by atoms with Crippen molar-refractivity contribution in [1.29, 1.82) is 0 Å². The average molecular weight is 182 g/mol. The van der Waals surface area contributed by atoms with E-state index in [1.165, 1.54) is 0 Å². The fraction of sp³-hybridized carbons (Fsp3) is 0.750. The summed E-state index contributed by atoms with van der Waals surface area (Å²) in [6.45, 7) is 0. The smallest absolute Gasteiger partial charge is 0.164 e. The molecule has 1 aliphatic rings. The summed E-state index contributed by atoms with van der Waals surface area (Å²) in [6.07, 6.45) is 3.71. The minimum absolute atomic E-state index is 0.0849. The Labute approximate surface area is 76.6 Å². The Morgan fingerprint density at radius 3 is 3.00 bits per heavy atom. The van der Waals surface area contributed by atoms with Gasteiger partial charge in [0.05, 0.1) is 0 Å². The van der Waals surface area contributed by atoms with Crippen LogP contribution in [0.2, 0.25) is 0 Å². The van der Waals surface area contributed by atoms with E-state index in [2.05, 4.69) is 10.2 Å². The van der Waals surface area contributed by atoms with Crippen molar-refractivity contribution in [1.82, 2.24) is 14.8 Å². The van der Waals surface area contributed by atoms with Gasteiger partial charge in [-0.3, -0.25) is 0 Å². The summed E-state index contributed by atoms with van der Waals surface area (Å²) in [5, 5.41) is 17.9. The average Bonchev–Trinajstić information content (AvgIpc) is 2.59. The molecule has 72 valence electrons. The van der Waals surface area contributed by atoms with Gasteiger partial charge >= 0.3 is 0 Å². The van der Waals surface area contributed by atoms with Crippen LogP contribution in [-0.4, -0.2) is 25.9 Å². The summed E-state index contributed by atoms with van der Waals surface area (Å²) < 4.78 is 1.75. The van der Waals surface area contributed by atoms with E-state index < -0.39 is 5.60 Å². The van der Waals surface area contributed by atoms with Gasteiger partial charge in [-0.05, 0) is 19.3 Å². The van der Waals surface area contributed by atoms with Gasteiger partial charge in [0, 0.05) is 13.1 Å². The van der Waals surface area contributed by atoms with Crippen molar-refractivity contribution in [2.45, 2.75) is 30.9 Å². The van der Waals surface area contributed by atoms with Gasteiger partial charge < -0.3 is 15.4 Å². The Bertz CT molecular complexity index is 311. The molecule has 1 heterocycles. The quantitative estimate of drug-likeness (QED) is 0.614. The van der Waals surface area contributed by atoms with Crippen molar-refractivity contribution in [3.63, 3.8) is 0 Å². The minimum Gasteiger partial charge on any atom is -0.382 e. The molecule has 5 heteroatoms. The van der Waals surface area contributed by atoms with Gasteiger partial charge in [0.2, 0.25) is 0 Å². The standard InChI is InChI=1S/C8H14N4O/c1-12-5-10-11-7(12)8(13)3-2-6(9)4-8/h5-6,13H,2-4,9H2,1H3. The third-order valence-electron chi connectivity index (χ3n) is 2.66. The Morgan fingerprint density at radius 2 is 2.54 bits per heavy atom. The third-order valence-corrected chi connectivity index (χ3v) is 2.66. The van der Waals surface area contributed by atoms with Crippen molar-refractivity contribution in [2.24, 2.45) is 12.8 Å². The number of rotatable bonds is 1. The first-order chi connectivity index (χ1) is 6.12. The second-order valence-corrected chi connectivity index (χ2v) is 3.80. The lowest BCUT2D eigenvalue weighted by Gasteiger charge is -2.20. The molecular formula is C8H14N4O. The van der Waals surface area contributed by atoms with Gasteiger partial charge in [-0.2, -0.15) is 0 Å². The largest absolute Gasteiger partial charge is 0.382 e. The molecule has 0 radical (unpaired) electrons. The first kappa shape index (κ1) is 8.65. The number of nitrogens with two attached hydrogens (primary N) is 1. The predicted octanol–water partition coefficient (Wildman–Crippen LogP) is -0.486. The maximum absolute atomic E-state index is 10.2. The van der Waals surface area contributed by atoms with Gasteiger partial charge in [-0.1, -0.05) is 0 Å². The van der Waals surface area contributed by atoms with Gasteiger partial charge in [0.25, 0.3) is 0 Å².